The maximum Gasteiger partial charge on any atom is 0.417 e. The molecule has 0 unspecified atom stereocenters. The molecule has 5 nitrogen and oxygen atoms in total. The molecule has 0 fully saturated rings. The summed E-state index contributed by atoms with van der Waals surface area (Å²) in [5.74, 6) is -0.435. The summed E-state index contributed by atoms with van der Waals surface area (Å²) >= 11 is 0. The summed E-state index contributed by atoms with van der Waals surface area (Å²) in [6, 6.07) is 7.48. The van der Waals surface area contributed by atoms with Crippen LogP contribution >= 0.6 is 0 Å². The van der Waals surface area contributed by atoms with Crippen LogP contribution in [0.25, 0.3) is 11.1 Å². The van der Waals surface area contributed by atoms with Crippen molar-refractivity contribution < 1.29 is 4.42 Å². The van der Waals surface area contributed by atoms with E-state index in [0.717, 1.165) is 11.3 Å². The Bertz CT molecular complexity index is 773. The van der Waals surface area contributed by atoms with Gasteiger partial charge in [0.15, 0.2) is 5.58 Å². The van der Waals surface area contributed by atoms with Gasteiger partial charge < -0.3 is 9.73 Å². The van der Waals surface area contributed by atoms with Crippen molar-refractivity contribution in [2.75, 3.05) is 5.32 Å². The predicted molar refractivity (Wildman–Crippen MR) is 73.1 cm³/mol. The Hall–Kier alpha value is -2.56. The molecule has 1 aromatic carbocycles. The van der Waals surface area contributed by atoms with Gasteiger partial charge in [-0.1, -0.05) is 0 Å². The van der Waals surface area contributed by atoms with Crippen molar-refractivity contribution in [1.29, 1.82) is 0 Å². The van der Waals surface area contributed by atoms with Crippen LogP contribution < -0.4 is 11.1 Å². The molecular formula is C14H13N3O2. The number of hydrogen-bond acceptors (Lipinski definition) is 4. The Labute approximate surface area is 109 Å². The number of H-pyrrole nitrogens is 1. The molecule has 0 spiro atoms. The highest BCUT2D eigenvalue weighted by atomic mass is 16.4. The van der Waals surface area contributed by atoms with Crippen LogP contribution in [0.15, 0.2) is 45.9 Å². The number of fused-ring (bicyclic) bond motifs is 1. The molecule has 3 aromatic rings. The number of pyridine rings is 1. The van der Waals surface area contributed by atoms with Gasteiger partial charge in [-0.2, -0.15) is 0 Å². The van der Waals surface area contributed by atoms with E-state index in [2.05, 4.69) is 22.2 Å². The number of anilines is 1. The molecule has 0 radical (unpaired) electrons. The molecular weight excluding hydrogens is 242 g/mol. The number of benzene rings is 1. The van der Waals surface area contributed by atoms with Gasteiger partial charge in [0.25, 0.3) is 0 Å². The van der Waals surface area contributed by atoms with Gasteiger partial charge in [-0.3, -0.25) is 9.97 Å². The van der Waals surface area contributed by atoms with E-state index in [-0.39, 0.29) is 0 Å². The van der Waals surface area contributed by atoms with Crippen LogP contribution in [0.4, 0.5) is 5.69 Å². The molecule has 19 heavy (non-hydrogen) atoms. The smallest absolute Gasteiger partial charge is 0.408 e. The fourth-order valence-corrected chi connectivity index (χ4v) is 1.94. The third-order valence-corrected chi connectivity index (χ3v) is 3.05. The van der Waals surface area contributed by atoms with Crippen molar-refractivity contribution >= 4 is 16.8 Å². The Morgan fingerprint density at radius 2 is 2.26 bits per heavy atom. The van der Waals surface area contributed by atoms with E-state index in [1.165, 1.54) is 5.56 Å². The third kappa shape index (κ3) is 2.35. The van der Waals surface area contributed by atoms with Crippen molar-refractivity contribution in [2.45, 2.75) is 13.5 Å². The van der Waals surface area contributed by atoms with E-state index in [1.54, 1.807) is 12.3 Å². The summed E-state index contributed by atoms with van der Waals surface area (Å²) in [7, 11) is 0. The Kier molecular flexibility index (Phi) is 2.79. The van der Waals surface area contributed by atoms with Gasteiger partial charge in [-0.15, -0.1) is 0 Å². The van der Waals surface area contributed by atoms with Gasteiger partial charge >= 0.3 is 5.76 Å². The van der Waals surface area contributed by atoms with Crippen LogP contribution in [0.1, 0.15) is 11.1 Å². The summed E-state index contributed by atoms with van der Waals surface area (Å²) in [6.07, 6.45) is 3.63. The molecule has 2 heterocycles. The highest BCUT2D eigenvalue weighted by Gasteiger charge is 2.02. The van der Waals surface area contributed by atoms with Crippen LogP contribution in [-0.4, -0.2) is 9.97 Å². The lowest BCUT2D eigenvalue weighted by molar-refractivity contribution is 0.555. The van der Waals surface area contributed by atoms with Crippen LogP contribution in [0.5, 0.6) is 0 Å². The molecule has 0 amide bonds. The summed E-state index contributed by atoms with van der Waals surface area (Å²) in [6.45, 7) is 2.74. The van der Waals surface area contributed by atoms with E-state index in [0.29, 0.717) is 17.6 Å². The maximum absolute atomic E-state index is 11.1. The molecule has 3 rings (SSSR count). The third-order valence-electron chi connectivity index (χ3n) is 3.05. The first-order valence-corrected chi connectivity index (χ1v) is 5.98. The summed E-state index contributed by atoms with van der Waals surface area (Å²) < 4.78 is 4.96. The van der Waals surface area contributed by atoms with Crippen molar-refractivity contribution in [1.82, 2.24) is 9.97 Å². The van der Waals surface area contributed by atoms with Crippen LogP contribution in [0, 0.1) is 6.92 Å². The standard InChI is InChI=1S/C14H13N3O2/c1-9-4-5-15-7-10(9)8-16-11-2-3-13-12(6-11)17-14(18)19-13/h2-7,16H,8H2,1H3,(H,17,18). The second kappa shape index (κ2) is 4.61. The molecule has 0 saturated carbocycles. The first-order valence-electron chi connectivity index (χ1n) is 5.98. The lowest BCUT2D eigenvalue weighted by Crippen LogP contribution is -2.01. The van der Waals surface area contributed by atoms with Gasteiger partial charge in [-0.05, 0) is 42.3 Å². The van der Waals surface area contributed by atoms with E-state index < -0.39 is 5.76 Å². The molecule has 0 atom stereocenters. The summed E-state index contributed by atoms with van der Waals surface area (Å²) in [5, 5.41) is 3.30. The largest absolute Gasteiger partial charge is 0.417 e. The van der Waals surface area contributed by atoms with Gasteiger partial charge in [0.1, 0.15) is 0 Å². The number of aryl methyl sites for hydroxylation is 1. The van der Waals surface area contributed by atoms with E-state index >= 15 is 0 Å². The van der Waals surface area contributed by atoms with Gasteiger partial charge in [-0.25, -0.2) is 4.79 Å². The lowest BCUT2D eigenvalue weighted by atomic mass is 10.1. The van der Waals surface area contributed by atoms with Gasteiger partial charge in [0.2, 0.25) is 0 Å². The summed E-state index contributed by atoms with van der Waals surface area (Å²) in [5.41, 5.74) is 4.52. The fraction of sp³-hybridized carbons (Fsp3) is 0.143. The zero-order chi connectivity index (χ0) is 13.2. The summed E-state index contributed by atoms with van der Waals surface area (Å²) in [4.78, 5) is 17.8. The number of aromatic nitrogens is 2. The zero-order valence-electron chi connectivity index (χ0n) is 10.4. The Morgan fingerprint density at radius 1 is 1.37 bits per heavy atom. The number of nitrogens with zero attached hydrogens (tertiary/aromatic N) is 1. The quantitative estimate of drug-likeness (QED) is 0.754. The molecule has 2 N–H and O–H groups in total. The minimum Gasteiger partial charge on any atom is -0.408 e. The second-order valence-electron chi connectivity index (χ2n) is 4.38. The highest BCUT2D eigenvalue weighted by molar-refractivity contribution is 5.76. The van der Waals surface area contributed by atoms with E-state index in [4.69, 9.17) is 4.42 Å². The number of rotatable bonds is 3. The van der Waals surface area contributed by atoms with E-state index in [1.807, 2.05) is 24.4 Å². The highest BCUT2D eigenvalue weighted by Crippen LogP contribution is 2.17. The maximum atomic E-state index is 11.1. The molecule has 2 aromatic heterocycles. The first-order chi connectivity index (χ1) is 9.22. The zero-order valence-corrected chi connectivity index (χ0v) is 10.4. The van der Waals surface area contributed by atoms with Crippen molar-refractivity contribution in [3.8, 4) is 0 Å². The fourth-order valence-electron chi connectivity index (χ4n) is 1.94. The average Bonchev–Trinajstić information content (AvgIpc) is 2.77. The first kappa shape index (κ1) is 11.5. The SMILES string of the molecule is Cc1ccncc1CNc1ccc2oc(=O)[nH]c2c1. The van der Waals surface area contributed by atoms with Crippen LogP contribution in [0.3, 0.4) is 0 Å². The topological polar surface area (TPSA) is 70.9 Å². The minimum absolute atomic E-state index is 0.435. The van der Waals surface area contributed by atoms with Crippen LogP contribution in [0.2, 0.25) is 0 Å². The monoisotopic (exact) mass is 255 g/mol. The Balaban J connectivity index is 1.82. The normalized spacial score (nSPS) is 10.8. The van der Waals surface area contributed by atoms with Crippen molar-refractivity contribution in [2.24, 2.45) is 0 Å². The van der Waals surface area contributed by atoms with Crippen LogP contribution in [-0.2, 0) is 6.54 Å². The van der Waals surface area contributed by atoms with E-state index in [9.17, 15) is 4.79 Å². The predicted octanol–water partition coefficient (Wildman–Crippen LogP) is 2.44. The molecule has 0 saturated heterocycles. The molecule has 5 heteroatoms. The number of oxazole rings is 1. The van der Waals surface area contributed by atoms with Gasteiger partial charge in [0.05, 0.1) is 5.52 Å². The van der Waals surface area contributed by atoms with Crippen molar-refractivity contribution in [3.63, 3.8) is 0 Å². The minimum atomic E-state index is -0.435. The average molecular weight is 255 g/mol. The van der Waals surface area contributed by atoms with Crippen molar-refractivity contribution in [3.05, 3.63) is 58.3 Å². The molecule has 0 bridgehead atoms. The number of hydrogen-bond donors (Lipinski definition) is 2. The molecule has 0 aliphatic rings. The second-order valence-corrected chi connectivity index (χ2v) is 4.38. The number of aromatic amines is 1. The molecule has 0 aliphatic carbocycles. The molecule has 96 valence electrons. The number of nitrogens with one attached hydrogen (secondary N) is 2. The van der Waals surface area contributed by atoms with Gasteiger partial charge in [0, 0.05) is 24.6 Å². The lowest BCUT2D eigenvalue weighted by Gasteiger charge is -2.08. The Morgan fingerprint density at radius 3 is 3.11 bits per heavy atom. The molecule has 0 aliphatic heterocycles.